The highest BCUT2D eigenvalue weighted by atomic mass is 32.1. The molecule has 1 aromatic carbocycles. The number of ether oxygens (including phenoxy) is 1. The number of piperazine rings is 1. The Morgan fingerprint density at radius 2 is 1.91 bits per heavy atom. The van der Waals surface area contributed by atoms with Crippen LogP contribution in [0.15, 0.2) is 23.0 Å². The average molecular weight is 635 g/mol. The fourth-order valence-corrected chi connectivity index (χ4v) is 9.38. The molecule has 236 valence electrons. The van der Waals surface area contributed by atoms with Crippen LogP contribution in [-0.2, 0) is 0 Å². The van der Waals surface area contributed by atoms with Gasteiger partial charge in [-0.1, -0.05) is 11.3 Å². The lowest BCUT2D eigenvalue weighted by atomic mass is 9.91. The van der Waals surface area contributed by atoms with Gasteiger partial charge < -0.3 is 25.3 Å². The summed E-state index contributed by atoms with van der Waals surface area (Å²) < 4.78 is 38.0. The number of hydrogen-bond donors (Lipinski definition) is 2. The lowest BCUT2D eigenvalue weighted by Crippen LogP contribution is -2.52. The molecule has 1 saturated carbocycles. The lowest BCUT2D eigenvalue weighted by Gasteiger charge is -2.37. The SMILES string of the molecule is Nc1nc2c(-c3cc4nc(OCC56CCCN5C[C@H](F)C6)nc(N5C6CCC5CNC6)c4c(=O)n3C3CCC3)ccc(F)c2s1. The number of benzene rings is 1. The number of nitrogens with two attached hydrogens (primary N) is 1. The third kappa shape index (κ3) is 4.30. The van der Waals surface area contributed by atoms with Crippen molar-refractivity contribution < 1.29 is 13.5 Å². The van der Waals surface area contributed by atoms with E-state index in [1.807, 2.05) is 10.6 Å². The Morgan fingerprint density at radius 3 is 2.69 bits per heavy atom. The number of thiazole rings is 1. The summed E-state index contributed by atoms with van der Waals surface area (Å²) in [4.78, 5) is 33.6. The fraction of sp³-hybridized carbons (Fsp3) is 0.562. The second-order valence-corrected chi connectivity index (χ2v) is 14.5. The molecular formula is C32H36F2N8O2S. The first-order valence-corrected chi connectivity index (χ1v) is 17.0. The number of anilines is 2. The van der Waals surface area contributed by atoms with E-state index in [2.05, 4.69) is 20.1 Å². The van der Waals surface area contributed by atoms with E-state index in [-0.39, 0.29) is 40.4 Å². The molecule has 10 nitrogen and oxygen atoms in total. The Hall–Kier alpha value is -3.42. The highest BCUT2D eigenvalue weighted by molar-refractivity contribution is 7.22. The van der Waals surface area contributed by atoms with Crippen LogP contribution in [0.25, 0.3) is 32.4 Å². The van der Waals surface area contributed by atoms with Crippen LogP contribution < -0.4 is 26.2 Å². The van der Waals surface area contributed by atoms with Gasteiger partial charge in [0.25, 0.3) is 5.56 Å². The van der Waals surface area contributed by atoms with E-state index < -0.39 is 12.0 Å². The molecule has 9 rings (SSSR count). The molecular weight excluding hydrogens is 598 g/mol. The van der Waals surface area contributed by atoms with Gasteiger partial charge in [0.05, 0.1) is 27.0 Å². The van der Waals surface area contributed by atoms with E-state index in [1.54, 1.807) is 6.07 Å². The Bertz CT molecular complexity index is 1880. The summed E-state index contributed by atoms with van der Waals surface area (Å²) in [5, 5.41) is 4.28. The lowest BCUT2D eigenvalue weighted by molar-refractivity contribution is 0.107. The molecule has 5 fully saturated rings. The van der Waals surface area contributed by atoms with Crippen LogP contribution in [0.1, 0.15) is 57.4 Å². The van der Waals surface area contributed by atoms with Gasteiger partial charge in [-0.05, 0) is 69.7 Å². The second-order valence-electron chi connectivity index (χ2n) is 13.5. The Morgan fingerprint density at radius 1 is 1.09 bits per heavy atom. The van der Waals surface area contributed by atoms with Gasteiger partial charge in [-0.25, -0.2) is 13.8 Å². The van der Waals surface area contributed by atoms with Gasteiger partial charge >= 0.3 is 6.01 Å². The van der Waals surface area contributed by atoms with Crippen molar-refractivity contribution >= 4 is 43.4 Å². The highest BCUT2D eigenvalue weighted by Gasteiger charge is 2.49. The largest absolute Gasteiger partial charge is 0.461 e. The van der Waals surface area contributed by atoms with Gasteiger partial charge in [0.15, 0.2) is 5.13 Å². The number of hydrogen-bond acceptors (Lipinski definition) is 10. The van der Waals surface area contributed by atoms with Crippen molar-refractivity contribution in [3.63, 3.8) is 0 Å². The summed E-state index contributed by atoms with van der Waals surface area (Å²) >= 11 is 1.10. The van der Waals surface area contributed by atoms with Crippen molar-refractivity contribution in [3.05, 3.63) is 34.4 Å². The van der Waals surface area contributed by atoms with Crippen molar-refractivity contribution in [2.24, 2.45) is 0 Å². The summed E-state index contributed by atoms with van der Waals surface area (Å²) in [6.07, 6.45) is 6.31. The van der Waals surface area contributed by atoms with Crippen molar-refractivity contribution in [2.75, 3.05) is 43.4 Å². The van der Waals surface area contributed by atoms with Crippen molar-refractivity contribution in [1.82, 2.24) is 29.7 Å². The normalized spacial score (nSPS) is 28.3. The second kappa shape index (κ2) is 10.3. The first kappa shape index (κ1) is 27.9. The maximum atomic E-state index is 14.9. The first-order valence-electron chi connectivity index (χ1n) is 16.2. The summed E-state index contributed by atoms with van der Waals surface area (Å²) in [5.74, 6) is 0.227. The zero-order chi connectivity index (χ0) is 30.4. The number of alkyl halides is 1. The highest BCUT2D eigenvalue weighted by Crippen LogP contribution is 2.43. The molecule has 2 bridgehead atoms. The van der Waals surface area contributed by atoms with E-state index >= 15 is 0 Å². The molecule has 4 atom stereocenters. The predicted molar refractivity (Wildman–Crippen MR) is 170 cm³/mol. The third-order valence-corrected chi connectivity index (χ3v) is 11.8. The van der Waals surface area contributed by atoms with Crippen molar-refractivity contribution in [3.8, 4) is 17.3 Å². The number of halogens is 2. The number of aromatic nitrogens is 4. The van der Waals surface area contributed by atoms with E-state index in [0.29, 0.717) is 57.8 Å². The summed E-state index contributed by atoms with van der Waals surface area (Å²) in [6, 6.07) is 5.67. The Balaban J connectivity index is 1.24. The van der Waals surface area contributed by atoms with Crippen molar-refractivity contribution in [2.45, 2.75) is 81.2 Å². The van der Waals surface area contributed by atoms with E-state index in [0.717, 1.165) is 75.9 Å². The molecule has 3 aromatic heterocycles. The van der Waals surface area contributed by atoms with Crippen LogP contribution in [-0.4, -0.2) is 81.0 Å². The number of nitrogens with zero attached hydrogens (tertiary/aromatic N) is 6. The predicted octanol–water partition coefficient (Wildman–Crippen LogP) is 4.41. The number of pyridine rings is 1. The molecule has 4 saturated heterocycles. The number of nitrogen functional groups attached to an aromatic ring is 1. The molecule has 13 heteroatoms. The molecule has 5 aliphatic rings. The number of fused-ring (bicyclic) bond motifs is 5. The topological polar surface area (TPSA) is 114 Å². The molecule has 45 heavy (non-hydrogen) atoms. The van der Waals surface area contributed by atoms with E-state index in [1.165, 1.54) is 6.07 Å². The molecule has 0 radical (unpaired) electrons. The molecule has 7 heterocycles. The van der Waals surface area contributed by atoms with E-state index in [4.69, 9.17) is 20.4 Å². The van der Waals surface area contributed by atoms with Gasteiger partial charge in [-0.15, -0.1) is 0 Å². The fourth-order valence-electron chi connectivity index (χ4n) is 8.62. The van der Waals surface area contributed by atoms with Gasteiger partial charge in [-0.2, -0.15) is 9.97 Å². The van der Waals surface area contributed by atoms with Crippen LogP contribution in [0.5, 0.6) is 6.01 Å². The van der Waals surface area contributed by atoms with Crippen LogP contribution in [0, 0.1) is 5.82 Å². The van der Waals surface area contributed by atoms with Crippen LogP contribution in [0.2, 0.25) is 0 Å². The average Bonchev–Trinajstić information content (AvgIpc) is 3.71. The monoisotopic (exact) mass is 634 g/mol. The van der Waals surface area contributed by atoms with Crippen LogP contribution in [0.3, 0.4) is 0 Å². The smallest absolute Gasteiger partial charge is 0.319 e. The molecule has 4 aliphatic heterocycles. The minimum absolute atomic E-state index is 0.0139. The Kier molecular flexibility index (Phi) is 6.37. The minimum atomic E-state index is -0.863. The zero-order valence-electron chi connectivity index (χ0n) is 25.0. The Labute approximate surface area is 262 Å². The van der Waals surface area contributed by atoms with Crippen LogP contribution >= 0.6 is 11.3 Å². The van der Waals surface area contributed by atoms with E-state index in [9.17, 15) is 13.6 Å². The van der Waals surface area contributed by atoms with Crippen molar-refractivity contribution in [1.29, 1.82) is 0 Å². The quantitative estimate of drug-likeness (QED) is 0.318. The molecule has 3 unspecified atom stereocenters. The number of nitrogens with one attached hydrogen (secondary N) is 1. The molecule has 4 aromatic rings. The molecule has 0 spiro atoms. The molecule has 0 amide bonds. The maximum Gasteiger partial charge on any atom is 0.319 e. The maximum absolute atomic E-state index is 14.9. The standard InChI is InChI=1S/C32H36F2N8O2S/c33-17-12-32(9-2-10-40(32)15-17)16-44-31-37-23-11-24(21-7-8-22(34)27-26(21)38-30(35)45-27)42(18-3-1-4-18)29(43)25(23)28(39-31)41-19-5-6-20(41)14-36-13-19/h7-8,11,17-20,36H,1-6,9-10,12-16H2,(H2,35,38)/t17-,19?,20?,32?/m1/s1. The van der Waals surface area contributed by atoms with Gasteiger partial charge in [0, 0.05) is 49.7 Å². The molecule has 3 N–H and O–H groups in total. The first-order chi connectivity index (χ1) is 21.9. The van der Waals surface area contributed by atoms with Crippen LogP contribution in [0.4, 0.5) is 19.7 Å². The summed E-state index contributed by atoms with van der Waals surface area (Å²) in [6.45, 7) is 3.25. The zero-order valence-corrected chi connectivity index (χ0v) is 25.8. The summed E-state index contributed by atoms with van der Waals surface area (Å²) in [7, 11) is 0. The van der Waals surface area contributed by atoms with Gasteiger partial charge in [-0.3, -0.25) is 9.69 Å². The van der Waals surface area contributed by atoms with Gasteiger partial charge in [0.1, 0.15) is 29.8 Å². The third-order valence-electron chi connectivity index (χ3n) is 10.9. The number of rotatable bonds is 6. The van der Waals surface area contributed by atoms with Gasteiger partial charge in [0.2, 0.25) is 0 Å². The molecule has 1 aliphatic carbocycles. The summed E-state index contributed by atoms with van der Waals surface area (Å²) in [5.41, 5.74) is 7.76. The minimum Gasteiger partial charge on any atom is -0.461 e.